The molecule has 1 aliphatic heterocycles. The molecule has 2 aromatic rings. The molecule has 2 aromatic heterocycles. The summed E-state index contributed by atoms with van der Waals surface area (Å²) < 4.78 is 16.1. The Morgan fingerprint density at radius 2 is 2.47 bits per heavy atom. The first-order valence-corrected chi connectivity index (χ1v) is 6.75. The highest BCUT2D eigenvalue weighted by Crippen LogP contribution is 2.19. The van der Waals surface area contributed by atoms with Crippen molar-refractivity contribution in [3.05, 3.63) is 38.9 Å². The van der Waals surface area contributed by atoms with Gasteiger partial charge in [-0.25, -0.2) is 4.98 Å². The van der Waals surface area contributed by atoms with Crippen LogP contribution in [0.4, 0.5) is 0 Å². The summed E-state index contributed by atoms with van der Waals surface area (Å²) in [5, 5.41) is 1.88. The van der Waals surface area contributed by atoms with Gasteiger partial charge >= 0.3 is 0 Å². The van der Waals surface area contributed by atoms with Crippen molar-refractivity contribution in [3.8, 4) is 5.88 Å². The number of fused-ring (bicyclic) bond motifs is 1. The number of ether oxygens (including phenoxy) is 2. The standard InChI is InChI=1S/C12H13N3O3S/c1-17-11-8(6-19-14-11)4-15-7-13-10-2-3-18-5-9(10)12(15)16/h6-7H,2-5H2,1H3. The number of aromatic nitrogens is 3. The molecule has 3 rings (SSSR count). The quantitative estimate of drug-likeness (QED) is 0.832. The lowest BCUT2D eigenvalue weighted by Gasteiger charge is -2.16. The normalized spacial score (nSPS) is 14.2. The maximum atomic E-state index is 12.3. The fraction of sp³-hybridized carbons (Fsp3) is 0.417. The number of nitrogens with zero attached hydrogens (tertiary/aromatic N) is 3. The molecule has 0 radical (unpaired) electrons. The van der Waals surface area contributed by atoms with Gasteiger partial charge in [-0.2, -0.15) is 4.37 Å². The molecule has 0 atom stereocenters. The first-order chi connectivity index (χ1) is 9.29. The van der Waals surface area contributed by atoms with Crippen LogP contribution < -0.4 is 10.3 Å². The van der Waals surface area contributed by atoms with Crippen molar-refractivity contribution >= 4 is 11.5 Å². The predicted molar refractivity (Wildman–Crippen MR) is 69.6 cm³/mol. The molecule has 0 spiro atoms. The molecule has 7 heteroatoms. The lowest BCUT2D eigenvalue weighted by atomic mass is 10.1. The van der Waals surface area contributed by atoms with Crippen molar-refractivity contribution < 1.29 is 9.47 Å². The Kier molecular flexibility index (Phi) is 3.31. The van der Waals surface area contributed by atoms with Gasteiger partial charge in [-0.3, -0.25) is 9.36 Å². The van der Waals surface area contributed by atoms with Gasteiger partial charge in [-0.05, 0) is 11.5 Å². The summed E-state index contributed by atoms with van der Waals surface area (Å²) in [6.45, 7) is 1.39. The van der Waals surface area contributed by atoms with Crippen molar-refractivity contribution in [1.29, 1.82) is 0 Å². The second-order valence-electron chi connectivity index (χ2n) is 4.25. The van der Waals surface area contributed by atoms with E-state index in [-0.39, 0.29) is 5.56 Å². The minimum atomic E-state index is -0.0436. The van der Waals surface area contributed by atoms with Crippen molar-refractivity contribution in [1.82, 2.24) is 13.9 Å². The summed E-state index contributed by atoms with van der Waals surface area (Å²) in [5.74, 6) is 0.561. The van der Waals surface area contributed by atoms with E-state index in [0.717, 1.165) is 11.3 Å². The van der Waals surface area contributed by atoms with Crippen LogP contribution in [0.25, 0.3) is 0 Å². The van der Waals surface area contributed by atoms with E-state index in [1.807, 2.05) is 5.38 Å². The van der Waals surface area contributed by atoms with Crippen LogP contribution in [0.3, 0.4) is 0 Å². The van der Waals surface area contributed by atoms with E-state index in [1.54, 1.807) is 18.0 Å². The van der Waals surface area contributed by atoms with Crippen molar-refractivity contribution in [3.63, 3.8) is 0 Å². The van der Waals surface area contributed by atoms with Gasteiger partial charge in [0.15, 0.2) is 0 Å². The van der Waals surface area contributed by atoms with Gasteiger partial charge in [0.05, 0.1) is 44.5 Å². The average molecular weight is 279 g/mol. The van der Waals surface area contributed by atoms with E-state index in [9.17, 15) is 4.79 Å². The number of hydrogen-bond donors (Lipinski definition) is 0. The summed E-state index contributed by atoms with van der Waals surface area (Å²) in [6.07, 6.45) is 2.29. The minimum absolute atomic E-state index is 0.0436. The molecule has 100 valence electrons. The molecule has 0 unspecified atom stereocenters. The van der Waals surface area contributed by atoms with Gasteiger partial charge in [0.2, 0.25) is 5.88 Å². The van der Waals surface area contributed by atoms with Gasteiger partial charge < -0.3 is 9.47 Å². The molecule has 0 saturated heterocycles. The van der Waals surface area contributed by atoms with Gasteiger partial charge in [0, 0.05) is 17.4 Å². The van der Waals surface area contributed by atoms with Crippen LogP contribution in [0.5, 0.6) is 5.88 Å². The molecular formula is C12H13N3O3S. The number of rotatable bonds is 3. The first kappa shape index (κ1) is 12.3. The fourth-order valence-corrected chi connectivity index (χ4v) is 2.73. The van der Waals surface area contributed by atoms with Crippen LogP contribution in [0.1, 0.15) is 16.8 Å². The van der Waals surface area contributed by atoms with Crippen LogP contribution in [-0.4, -0.2) is 27.6 Å². The number of methoxy groups -OCH3 is 1. The lowest BCUT2D eigenvalue weighted by molar-refractivity contribution is 0.107. The maximum Gasteiger partial charge on any atom is 0.259 e. The fourth-order valence-electron chi connectivity index (χ4n) is 2.09. The maximum absolute atomic E-state index is 12.3. The Bertz CT molecular complexity index is 650. The summed E-state index contributed by atoms with van der Waals surface area (Å²) in [6, 6.07) is 0. The zero-order valence-electron chi connectivity index (χ0n) is 10.5. The third-order valence-electron chi connectivity index (χ3n) is 3.09. The molecule has 0 amide bonds. The monoisotopic (exact) mass is 279 g/mol. The summed E-state index contributed by atoms with van der Waals surface area (Å²) >= 11 is 1.31. The zero-order valence-corrected chi connectivity index (χ0v) is 11.3. The van der Waals surface area contributed by atoms with Gasteiger partial charge in [0.1, 0.15) is 0 Å². The van der Waals surface area contributed by atoms with Crippen LogP contribution in [-0.2, 0) is 24.3 Å². The topological polar surface area (TPSA) is 66.2 Å². The van der Waals surface area contributed by atoms with Crippen molar-refractivity contribution in [2.45, 2.75) is 19.6 Å². The zero-order chi connectivity index (χ0) is 13.2. The lowest BCUT2D eigenvalue weighted by Crippen LogP contribution is -2.30. The van der Waals surface area contributed by atoms with Crippen LogP contribution in [0, 0.1) is 0 Å². The molecule has 0 saturated carbocycles. The Morgan fingerprint density at radius 3 is 3.32 bits per heavy atom. The summed E-state index contributed by atoms with van der Waals surface area (Å²) in [5.41, 5.74) is 2.35. The van der Waals surface area contributed by atoms with Crippen LogP contribution >= 0.6 is 11.5 Å². The molecule has 6 nitrogen and oxygen atoms in total. The predicted octanol–water partition coefficient (Wildman–Crippen LogP) is 0.829. The Morgan fingerprint density at radius 1 is 1.58 bits per heavy atom. The highest BCUT2D eigenvalue weighted by atomic mass is 32.1. The summed E-state index contributed by atoms with van der Waals surface area (Å²) in [7, 11) is 1.57. The van der Waals surface area contributed by atoms with Gasteiger partial charge in [0.25, 0.3) is 5.56 Å². The van der Waals surface area contributed by atoms with E-state index < -0.39 is 0 Å². The first-order valence-electron chi connectivity index (χ1n) is 5.91. The molecular weight excluding hydrogens is 266 g/mol. The van der Waals surface area contributed by atoms with E-state index >= 15 is 0 Å². The van der Waals surface area contributed by atoms with Gasteiger partial charge in [-0.15, -0.1) is 0 Å². The molecule has 0 aliphatic carbocycles. The molecule has 0 fully saturated rings. The SMILES string of the molecule is COc1nscc1Cn1cnc2c(c1=O)COCC2. The highest BCUT2D eigenvalue weighted by molar-refractivity contribution is 7.03. The molecule has 0 N–H and O–H groups in total. The smallest absolute Gasteiger partial charge is 0.259 e. The van der Waals surface area contributed by atoms with E-state index in [2.05, 4.69) is 9.36 Å². The van der Waals surface area contributed by atoms with E-state index in [0.29, 0.717) is 37.6 Å². The molecule has 3 heterocycles. The Balaban J connectivity index is 1.96. The Hall–Kier alpha value is -1.73. The third-order valence-corrected chi connectivity index (χ3v) is 3.75. The molecule has 0 aromatic carbocycles. The van der Waals surface area contributed by atoms with Crippen LogP contribution in [0.15, 0.2) is 16.5 Å². The van der Waals surface area contributed by atoms with E-state index in [1.165, 1.54) is 11.5 Å². The van der Waals surface area contributed by atoms with Crippen molar-refractivity contribution in [2.24, 2.45) is 0 Å². The Labute approximate surface area is 113 Å². The van der Waals surface area contributed by atoms with E-state index in [4.69, 9.17) is 9.47 Å². The third kappa shape index (κ3) is 2.26. The molecule has 0 bridgehead atoms. The molecule has 1 aliphatic rings. The highest BCUT2D eigenvalue weighted by Gasteiger charge is 2.17. The average Bonchev–Trinajstić information content (AvgIpc) is 2.89. The largest absolute Gasteiger partial charge is 0.480 e. The van der Waals surface area contributed by atoms with Crippen molar-refractivity contribution in [2.75, 3.05) is 13.7 Å². The minimum Gasteiger partial charge on any atom is -0.480 e. The second kappa shape index (κ2) is 5.10. The van der Waals surface area contributed by atoms with Gasteiger partial charge in [-0.1, -0.05) is 0 Å². The molecule has 19 heavy (non-hydrogen) atoms. The number of hydrogen-bond acceptors (Lipinski definition) is 6. The summed E-state index contributed by atoms with van der Waals surface area (Å²) in [4.78, 5) is 16.7. The second-order valence-corrected chi connectivity index (χ2v) is 4.88. The van der Waals surface area contributed by atoms with Crippen LogP contribution in [0.2, 0.25) is 0 Å².